The number of benzene rings is 1. The highest BCUT2D eigenvalue weighted by molar-refractivity contribution is 5.94. The van der Waals surface area contributed by atoms with Crippen LogP contribution in [0.2, 0.25) is 0 Å². The lowest BCUT2D eigenvalue weighted by molar-refractivity contribution is -0.125. The summed E-state index contributed by atoms with van der Waals surface area (Å²) in [5.74, 6) is 1.45. The molecule has 1 aromatic heterocycles. The van der Waals surface area contributed by atoms with Gasteiger partial charge in [0.25, 0.3) is 0 Å². The van der Waals surface area contributed by atoms with E-state index in [-0.39, 0.29) is 11.8 Å². The van der Waals surface area contributed by atoms with Gasteiger partial charge in [-0.25, -0.2) is 4.98 Å². The summed E-state index contributed by atoms with van der Waals surface area (Å²) in [4.78, 5) is 30.0. The molecule has 1 N–H and O–H groups in total. The van der Waals surface area contributed by atoms with E-state index in [4.69, 9.17) is 4.74 Å². The number of ether oxygens (including phenoxy) is 1. The molecule has 2 aliphatic heterocycles. The predicted molar refractivity (Wildman–Crippen MR) is 111 cm³/mol. The van der Waals surface area contributed by atoms with E-state index in [2.05, 4.69) is 16.4 Å². The molecule has 29 heavy (non-hydrogen) atoms. The van der Waals surface area contributed by atoms with Crippen LogP contribution in [-0.4, -0.2) is 41.4 Å². The highest BCUT2D eigenvalue weighted by atomic mass is 16.5. The Morgan fingerprint density at radius 1 is 1.21 bits per heavy atom. The number of fused-ring (bicyclic) bond motifs is 1. The molecule has 0 spiro atoms. The minimum atomic E-state index is -0.0182. The first-order valence-corrected chi connectivity index (χ1v) is 9.79. The molecule has 0 bridgehead atoms. The Kier molecular flexibility index (Phi) is 5.70. The van der Waals surface area contributed by atoms with Crippen LogP contribution in [0.4, 0.5) is 5.82 Å². The second kappa shape index (κ2) is 8.73. The molecule has 148 valence electrons. The third-order valence-electron chi connectivity index (χ3n) is 5.07. The van der Waals surface area contributed by atoms with Gasteiger partial charge in [0.2, 0.25) is 11.8 Å². The van der Waals surface area contributed by atoms with Gasteiger partial charge < -0.3 is 15.0 Å². The second-order valence-corrected chi connectivity index (χ2v) is 7.16. The Morgan fingerprint density at radius 3 is 2.86 bits per heavy atom. The first-order valence-electron chi connectivity index (χ1n) is 9.79. The summed E-state index contributed by atoms with van der Waals surface area (Å²) in [7, 11) is 0. The fourth-order valence-corrected chi connectivity index (χ4v) is 3.37. The minimum absolute atomic E-state index is 0.00448. The zero-order valence-electron chi connectivity index (χ0n) is 16.1. The number of aryl methyl sites for hydroxylation is 1. The molecular formula is C23H23N3O3. The van der Waals surface area contributed by atoms with Crippen LogP contribution in [0.25, 0.3) is 6.08 Å². The van der Waals surface area contributed by atoms with Crippen molar-refractivity contribution in [3.8, 4) is 5.75 Å². The van der Waals surface area contributed by atoms with Crippen LogP contribution in [0.3, 0.4) is 0 Å². The van der Waals surface area contributed by atoms with Crippen LogP contribution in [0.1, 0.15) is 24.0 Å². The number of carbonyl (C=O) groups is 2. The van der Waals surface area contributed by atoms with Crippen LogP contribution in [0, 0.1) is 0 Å². The number of hydrogen-bond donors (Lipinski definition) is 1. The molecule has 0 fully saturated rings. The van der Waals surface area contributed by atoms with Crippen molar-refractivity contribution < 1.29 is 14.3 Å². The van der Waals surface area contributed by atoms with Gasteiger partial charge in [0.1, 0.15) is 18.2 Å². The van der Waals surface area contributed by atoms with Gasteiger partial charge in [0, 0.05) is 31.8 Å². The maximum Gasteiger partial charge on any atom is 0.246 e. The quantitative estimate of drug-likeness (QED) is 0.630. The van der Waals surface area contributed by atoms with Crippen LogP contribution in [0.5, 0.6) is 5.75 Å². The molecule has 4 rings (SSSR count). The lowest BCUT2D eigenvalue weighted by Crippen LogP contribution is -2.34. The highest BCUT2D eigenvalue weighted by Crippen LogP contribution is 2.21. The Hall–Kier alpha value is -3.41. The average Bonchev–Trinajstić information content (AvgIpc) is 2.77. The number of carbonyl (C=O) groups excluding carboxylic acids is 2. The smallest absolute Gasteiger partial charge is 0.246 e. The summed E-state index contributed by atoms with van der Waals surface area (Å²) in [5, 5.41) is 2.76. The van der Waals surface area contributed by atoms with Crippen LogP contribution < -0.4 is 10.1 Å². The lowest BCUT2D eigenvalue weighted by Gasteiger charge is -2.25. The van der Waals surface area contributed by atoms with Gasteiger partial charge in [0.15, 0.2) is 0 Å². The summed E-state index contributed by atoms with van der Waals surface area (Å²) in [6, 6.07) is 11.7. The highest BCUT2D eigenvalue weighted by Gasteiger charge is 2.17. The fourth-order valence-electron chi connectivity index (χ4n) is 3.37. The SMILES string of the molecule is O=C1CCc2cc(/C=C/C(=O)N3CC=C(COc4ccccc4)CC3)cnc2N1. The Balaban J connectivity index is 1.30. The van der Waals surface area contributed by atoms with Crippen molar-refractivity contribution in [1.82, 2.24) is 9.88 Å². The lowest BCUT2D eigenvalue weighted by atomic mass is 10.0. The van der Waals surface area contributed by atoms with Crippen molar-refractivity contribution in [3.63, 3.8) is 0 Å². The van der Waals surface area contributed by atoms with Gasteiger partial charge in [-0.1, -0.05) is 24.3 Å². The number of anilines is 1. The van der Waals surface area contributed by atoms with Gasteiger partial charge >= 0.3 is 0 Å². The standard InChI is InChI=1S/C23H23N3O3/c27-21-8-7-19-14-18(15-24-23(19)25-21)6-9-22(28)26-12-10-17(11-13-26)16-29-20-4-2-1-3-5-20/h1-6,9-10,14-15H,7-8,11-13,16H2,(H,24,25,27)/b9-6+. The molecule has 2 aromatic rings. The largest absolute Gasteiger partial charge is 0.489 e. The first kappa shape index (κ1) is 18.9. The van der Waals surface area contributed by atoms with E-state index in [9.17, 15) is 9.59 Å². The number of aromatic nitrogens is 1. The molecule has 2 aliphatic rings. The Morgan fingerprint density at radius 2 is 2.07 bits per heavy atom. The number of pyridine rings is 1. The van der Waals surface area contributed by atoms with Crippen molar-refractivity contribution in [3.05, 3.63) is 71.4 Å². The number of para-hydroxylation sites is 1. The number of nitrogens with one attached hydrogen (secondary N) is 1. The first-order chi connectivity index (χ1) is 14.2. The number of nitrogens with zero attached hydrogens (tertiary/aromatic N) is 2. The molecule has 1 aromatic carbocycles. The van der Waals surface area contributed by atoms with E-state index in [0.29, 0.717) is 38.4 Å². The molecule has 6 nitrogen and oxygen atoms in total. The molecule has 0 saturated heterocycles. The maximum absolute atomic E-state index is 12.5. The number of amides is 2. The molecule has 6 heteroatoms. The van der Waals surface area contributed by atoms with Gasteiger partial charge in [0.05, 0.1) is 0 Å². The van der Waals surface area contributed by atoms with Crippen LogP contribution >= 0.6 is 0 Å². The fraction of sp³-hybridized carbons (Fsp3) is 0.261. The van der Waals surface area contributed by atoms with Crippen molar-refractivity contribution in [1.29, 1.82) is 0 Å². The van der Waals surface area contributed by atoms with Gasteiger partial charge in [-0.15, -0.1) is 0 Å². The summed E-state index contributed by atoms with van der Waals surface area (Å²) < 4.78 is 5.78. The van der Waals surface area contributed by atoms with E-state index in [1.54, 1.807) is 18.3 Å². The van der Waals surface area contributed by atoms with Crippen molar-refractivity contribution in [2.24, 2.45) is 0 Å². The second-order valence-electron chi connectivity index (χ2n) is 7.16. The summed E-state index contributed by atoms with van der Waals surface area (Å²) in [6.45, 7) is 1.83. The molecule has 0 radical (unpaired) electrons. The minimum Gasteiger partial charge on any atom is -0.489 e. The third-order valence-corrected chi connectivity index (χ3v) is 5.07. The van der Waals surface area contributed by atoms with E-state index in [0.717, 1.165) is 23.3 Å². The Labute approximate surface area is 169 Å². The van der Waals surface area contributed by atoms with Gasteiger partial charge in [-0.3, -0.25) is 9.59 Å². The summed E-state index contributed by atoms with van der Waals surface area (Å²) in [6.07, 6.45) is 9.07. The van der Waals surface area contributed by atoms with Gasteiger partial charge in [-0.2, -0.15) is 0 Å². The normalized spacial score (nSPS) is 16.2. The zero-order chi connectivity index (χ0) is 20.1. The maximum atomic E-state index is 12.5. The molecule has 3 heterocycles. The van der Waals surface area contributed by atoms with Gasteiger partial charge in [-0.05, 0) is 53.8 Å². The zero-order valence-corrected chi connectivity index (χ0v) is 16.1. The Bertz CT molecular complexity index is 967. The topological polar surface area (TPSA) is 71.5 Å². The molecule has 0 aliphatic carbocycles. The van der Waals surface area contributed by atoms with Crippen LogP contribution in [0.15, 0.2) is 60.3 Å². The van der Waals surface area contributed by atoms with Crippen molar-refractivity contribution in [2.75, 3.05) is 25.0 Å². The van der Waals surface area contributed by atoms with Crippen molar-refractivity contribution in [2.45, 2.75) is 19.3 Å². The summed E-state index contributed by atoms with van der Waals surface area (Å²) >= 11 is 0. The molecular weight excluding hydrogens is 366 g/mol. The predicted octanol–water partition coefficient (Wildman–Crippen LogP) is 3.22. The summed E-state index contributed by atoms with van der Waals surface area (Å²) in [5.41, 5.74) is 3.07. The van der Waals surface area contributed by atoms with E-state index in [1.165, 1.54) is 5.57 Å². The average molecular weight is 389 g/mol. The number of rotatable bonds is 5. The molecule has 0 saturated carbocycles. The van der Waals surface area contributed by atoms with Crippen LogP contribution in [-0.2, 0) is 16.0 Å². The molecule has 2 amide bonds. The van der Waals surface area contributed by atoms with E-state index in [1.807, 2.05) is 41.3 Å². The van der Waals surface area contributed by atoms with E-state index < -0.39 is 0 Å². The van der Waals surface area contributed by atoms with Crippen molar-refractivity contribution >= 4 is 23.7 Å². The third kappa shape index (κ3) is 4.90. The monoisotopic (exact) mass is 389 g/mol. The molecule has 0 unspecified atom stereocenters. The number of hydrogen-bond acceptors (Lipinski definition) is 4. The van der Waals surface area contributed by atoms with E-state index >= 15 is 0 Å². The molecule has 0 atom stereocenters.